The monoisotopic (exact) mass is 415 g/mol. The fourth-order valence-corrected chi connectivity index (χ4v) is 4.37. The van der Waals surface area contributed by atoms with Crippen molar-refractivity contribution in [2.75, 3.05) is 13.7 Å². The number of carbonyl (C=O) groups excluding carboxylic acids is 1. The van der Waals surface area contributed by atoms with Gasteiger partial charge in [-0.1, -0.05) is 18.2 Å². The molecular formula is C26H29N3O2. The number of fused-ring (bicyclic) bond motifs is 1. The fraction of sp³-hybridized carbons (Fsp3) is 0.385. The van der Waals surface area contributed by atoms with Crippen LogP contribution < -0.4 is 4.74 Å². The minimum atomic E-state index is 0.0663. The number of hydrogen-bond donors (Lipinski definition) is 0. The van der Waals surface area contributed by atoms with Crippen molar-refractivity contribution in [3.63, 3.8) is 0 Å². The van der Waals surface area contributed by atoms with Crippen molar-refractivity contribution in [3.05, 3.63) is 71.2 Å². The molecule has 0 bridgehead atoms. The lowest BCUT2D eigenvalue weighted by molar-refractivity contribution is 0.0734. The van der Waals surface area contributed by atoms with Crippen LogP contribution in [-0.2, 0) is 19.5 Å². The largest absolute Gasteiger partial charge is 0.497 e. The van der Waals surface area contributed by atoms with E-state index >= 15 is 0 Å². The minimum absolute atomic E-state index is 0.0663. The van der Waals surface area contributed by atoms with Crippen molar-refractivity contribution in [2.24, 2.45) is 5.92 Å². The summed E-state index contributed by atoms with van der Waals surface area (Å²) in [4.78, 5) is 20.2. The molecular weight excluding hydrogens is 386 g/mol. The van der Waals surface area contributed by atoms with Gasteiger partial charge in [0.1, 0.15) is 11.6 Å². The van der Waals surface area contributed by atoms with E-state index in [1.165, 1.54) is 36.2 Å². The number of methoxy groups -OCH3 is 1. The summed E-state index contributed by atoms with van der Waals surface area (Å²) in [6.07, 6.45) is 6.83. The molecule has 0 radical (unpaired) electrons. The topological polar surface area (TPSA) is 47.4 Å². The van der Waals surface area contributed by atoms with Gasteiger partial charge in [-0.05, 0) is 67.5 Å². The zero-order valence-electron chi connectivity index (χ0n) is 18.3. The molecule has 0 N–H and O–H groups in total. The summed E-state index contributed by atoms with van der Waals surface area (Å²) in [5, 5.41) is 0. The Hall–Kier alpha value is -3.08. The average molecular weight is 416 g/mol. The summed E-state index contributed by atoms with van der Waals surface area (Å²) in [5.41, 5.74) is 5.23. The molecule has 0 unspecified atom stereocenters. The van der Waals surface area contributed by atoms with Crippen LogP contribution in [0.2, 0.25) is 0 Å². The second-order valence-corrected chi connectivity index (χ2v) is 8.84. The van der Waals surface area contributed by atoms with Crippen LogP contribution in [-0.4, -0.2) is 34.0 Å². The Morgan fingerprint density at radius 1 is 1.23 bits per heavy atom. The first-order valence-corrected chi connectivity index (χ1v) is 11.2. The summed E-state index contributed by atoms with van der Waals surface area (Å²) in [6, 6.07) is 14.0. The van der Waals surface area contributed by atoms with Gasteiger partial charge in [-0.15, -0.1) is 0 Å². The predicted molar refractivity (Wildman–Crippen MR) is 121 cm³/mol. The average Bonchev–Trinajstić information content (AvgIpc) is 3.34. The molecule has 0 atom stereocenters. The van der Waals surface area contributed by atoms with Gasteiger partial charge >= 0.3 is 0 Å². The Kier molecular flexibility index (Phi) is 5.26. The van der Waals surface area contributed by atoms with Crippen molar-refractivity contribution < 1.29 is 9.53 Å². The molecule has 2 heterocycles. The zero-order chi connectivity index (χ0) is 21.4. The molecule has 1 amide bonds. The van der Waals surface area contributed by atoms with Crippen LogP contribution in [0.4, 0.5) is 0 Å². The van der Waals surface area contributed by atoms with Crippen LogP contribution in [0.1, 0.15) is 46.6 Å². The van der Waals surface area contributed by atoms with Crippen LogP contribution in [0, 0.1) is 12.8 Å². The van der Waals surface area contributed by atoms with Crippen LogP contribution in [0.15, 0.2) is 48.7 Å². The molecule has 1 aromatic heterocycles. The molecule has 0 spiro atoms. The van der Waals surface area contributed by atoms with Gasteiger partial charge in [0.2, 0.25) is 0 Å². The molecule has 3 aromatic rings. The van der Waals surface area contributed by atoms with Crippen LogP contribution in [0.5, 0.6) is 5.75 Å². The highest BCUT2D eigenvalue weighted by Gasteiger charge is 2.28. The Bertz CT molecular complexity index is 1090. The number of rotatable bonds is 7. The summed E-state index contributed by atoms with van der Waals surface area (Å²) in [7, 11) is 1.63. The Balaban J connectivity index is 1.42. The standard InChI is InChI=1S/C26H29N3O2/c1-18-8-11-20(24-17-28-12-4-7-25(28)27-24)13-22(18)16-29(15-19-9-10-19)26(30)21-5-3-6-23(14-21)31-2/h3,5-6,8,11,13-14,17,19H,4,7,9-10,12,15-16H2,1-2H3. The van der Waals surface area contributed by atoms with E-state index in [9.17, 15) is 4.79 Å². The molecule has 1 aliphatic carbocycles. The fourth-order valence-electron chi connectivity index (χ4n) is 4.37. The van der Waals surface area contributed by atoms with Gasteiger partial charge < -0.3 is 14.2 Å². The summed E-state index contributed by atoms with van der Waals surface area (Å²) in [6.45, 7) is 4.60. The van der Waals surface area contributed by atoms with E-state index in [-0.39, 0.29) is 5.91 Å². The second kappa shape index (κ2) is 8.22. The second-order valence-electron chi connectivity index (χ2n) is 8.84. The van der Waals surface area contributed by atoms with E-state index in [2.05, 4.69) is 35.9 Å². The molecule has 1 saturated carbocycles. The SMILES string of the molecule is COc1cccc(C(=O)N(Cc2cc(-c3cn4c(n3)CCC4)ccc2C)CC2CC2)c1. The van der Waals surface area contributed by atoms with Crippen LogP contribution in [0.25, 0.3) is 11.3 Å². The van der Waals surface area contributed by atoms with E-state index in [0.717, 1.165) is 30.8 Å². The van der Waals surface area contributed by atoms with Crippen molar-refractivity contribution in [3.8, 4) is 17.0 Å². The van der Waals surface area contributed by atoms with E-state index in [0.29, 0.717) is 23.8 Å². The highest BCUT2D eigenvalue weighted by atomic mass is 16.5. The van der Waals surface area contributed by atoms with E-state index in [1.54, 1.807) is 7.11 Å². The molecule has 2 aliphatic rings. The first kappa shape index (κ1) is 19.9. The van der Waals surface area contributed by atoms with E-state index < -0.39 is 0 Å². The van der Waals surface area contributed by atoms with Crippen LogP contribution in [0.3, 0.4) is 0 Å². The van der Waals surface area contributed by atoms with E-state index in [4.69, 9.17) is 9.72 Å². The Morgan fingerprint density at radius 2 is 2.10 bits per heavy atom. The molecule has 5 heteroatoms. The third-order valence-electron chi connectivity index (χ3n) is 6.44. The number of imidazole rings is 1. The maximum Gasteiger partial charge on any atom is 0.254 e. The van der Waals surface area contributed by atoms with Gasteiger partial charge in [-0.25, -0.2) is 4.98 Å². The van der Waals surface area contributed by atoms with Gasteiger partial charge in [-0.2, -0.15) is 0 Å². The molecule has 5 rings (SSSR count). The Morgan fingerprint density at radius 3 is 2.87 bits per heavy atom. The number of nitrogens with zero attached hydrogens (tertiary/aromatic N) is 3. The number of ether oxygens (including phenoxy) is 1. The molecule has 2 aromatic carbocycles. The number of aryl methyl sites for hydroxylation is 3. The molecule has 5 nitrogen and oxygen atoms in total. The lowest BCUT2D eigenvalue weighted by Crippen LogP contribution is -2.32. The lowest BCUT2D eigenvalue weighted by Gasteiger charge is -2.24. The normalized spacial score (nSPS) is 15.0. The van der Waals surface area contributed by atoms with Crippen molar-refractivity contribution in [1.82, 2.24) is 14.5 Å². The quantitative estimate of drug-likeness (QED) is 0.553. The third-order valence-corrected chi connectivity index (χ3v) is 6.44. The smallest absolute Gasteiger partial charge is 0.254 e. The summed E-state index contributed by atoms with van der Waals surface area (Å²) < 4.78 is 7.59. The first-order valence-electron chi connectivity index (χ1n) is 11.2. The summed E-state index contributed by atoms with van der Waals surface area (Å²) >= 11 is 0. The molecule has 1 aliphatic heterocycles. The zero-order valence-corrected chi connectivity index (χ0v) is 18.3. The highest BCUT2D eigenvalue weighted by molar-refractivity contribution is 5.94. The molecule has 1 fully saturated rings. The van der Waals surface area contributed by atoms with Crippen molar-refractivity contribution in [1.29, 1.82) is 0 Å². The first-order chi connectivity index (χ1) is 15.1. The van der Waals surface area contributed by atoms with Gasteiger partial charge in [0.15, 0.2) is 0 Å². The maximum absolute atomic E-state index is 13.4. The van der Waals surface area contributed by atoms with Crippen molar-refractivity contribution >= 4 is 5.91 Å². The van der Waals surface area contributed by atoms with Crippen molar-refractivity contribution in [2.45, 2.75) is 45.7 Å². The highest BCUT2D eigenvalue weighted by Crippen LogP contribution is 2.32. The maximum atomic E-state index is 13.4. The summed E-state index contributed by atoms with van der Waals surface area (Å²) in [5.74, 6) is 2.58. The number of aromatic nitrogens is 2. The number of benzene rings is 2. The van der Waals surface area contributed by atoms with Gasteiger partial charge in [-0.3, -0.25) is 4.79 Å². The minimum Gasteiger partial charge on any atom is -0.497 e. The molecule has 31 heavy (non-hydrogen) atoms. The van der Waals surface area contributed by atoms with Crippen LogP contribution >= 0.6 is 0 Å². The van der Waals surface area contributed by atoms with Gasteiger partial charge in [0, 0.05) is 43.4 Å². The predicted octanol–water partition coefficient (Wildman–Crippen LogP) is 4.87. The van der Waals surface area contributed by atoms with Gasteiger partial charge in [0.25, 0.3) is 5.91 Å². The van der Waals surface area contributed by atoms with E-state index in [1.807, 2.05) is 29.2 Å². The number of hydrogen-bond acceptors (Lipinski definition) is 3. The molecule has 160 valence electrons. The number of carbonyl (C=O) groups is 1. The lowest BCUT2D eigenvalue weighted by atomic mass is 10.0. The number of amides is 1. The van der Waals surface area contributed by atoms with Gasteiger partial charge in [0.05, 0.1) is 12.8 Å². The third kappa shape index (κ3) is 4.22. The molecule has 0 saturated heterocycles. The Labute approximate surface area is 183 Å².